The van der Waals surface area contributed by atoms with Crippen LogP contribution in [0.4, 0.5) is 0 Å². The molecule has 0 atom stereocenters. The molecule has 1 aromatic carbocycles. The van der Waals surface area contributed by atoms with Crippen molar-refractivity contribution in [2.24, 2.45) is 0 Å². The van der Waals surface area contributed by atoms with Crippen molar-refractivity contribution in [1.82, 2.24) is 0 Å². The van der Waals surface area contributed by atoms with Crippen molar-refractivity contribution >= 4 is 15.9 Å². The highest BCUT2D eigenvalue weighted by Gasteiger charge is 2.02. The molecule has 1 aromatic rings. The molecule has 0 bridgehead atoms. The standard InChI is InChI=1S/C12H17BrO2/c1-2-3-9-14-11-6-4-5-7-12(11)15-10-8-13/h4-7H,2-3,8-10H2,1H3. The van der Waals surface area contributed by atoms with Gasteiger partial charge in [0.1, 0.15) is 0 Å². The van der Waals surface area contributed by atoms with Gasteiger partial charge < -0.3 is 9.47 Å². The van der Waals surface area contributed by atoms with Gasteiger partial charge in [0.25, 0.3) is 0 Å². The molecule has 0 unspecified atom stereocenters. The Bertz CT molecular complexity index is 276. The van der Waals surface area contributed by atoms with Crippen LogP contribution in [0, 0.1) is 0 Å². The second kappa shape index (κ2) is 7.57. The van der Waals surface area contributed by atoms with Crippen LogP contribution in [0.5, 0.6) is 11.5 Å². The van der Waals surface area contributed by atoms with Crippen LogP contribution in [-0.2, 0) is 0 Å². The Kier molecular flexibility index (Phi) is 6.25. The summed E-state index contributed by atoms with van der Waals surface area (Å²) in [5.41, 5.74) is 0. The first-order valence-corrected chi connectivity index (χ1v) is 6.41. The average molecular weight is 273 g/mol. The zero-order valence-electron chi connectivity index (χ0n) is 9.04. The van der Waals surface area contributed by atoms with Crippen LogP contribution in [-0.4, -0.2) is 18.5 Å². The fraction of sp³-hybridized carbons (Fsp3) is 0.500. The van der Waals surface area contributed by atoms with Gasteiger partial charge in [-0.05, 0) is 18.6 Å². The highest BCUT2D eigenvalue weighted by atomic mass is 79.9. The molecular weight excluding hydrogens is 256 g/mol. The van der Waals surface area contributed by atoms with Crippen molar-refractivity contribution in [3.63, 3.8) is 0 Å². The molecule has 1 rings (SSSR count). The van der Waals surface area contributed by atoms with Gasteiger partial charge in [0.05, 0.1) is 13.2 Å². The highest BCUT2D eigenvalue weighted by molar-refractivity contribution is 9.09. The number of para-hydroxylation sites is 2. The Hall–Kier alpha value is -0.700. The molecule has 0 saturated carbocycles. The number of hydrogen-bond donors (Lipinski definition) is 0. The minimum Gasteiger partial charge on any atom is -0.490 e. The van der Waals surface area contributed by atoms with Crippen molar-refractivity contribution in [1.29, 1.82) is 0 Å². The molecule has 0 amide bonds. The van der Waals surface area contributed by atoms with Crippen LogP contribution >= 0.6 is 15.9 Å². The third-order valence-electron chi connectivity index (χ3n) is 1.94. The molecular formula is C12H17BrO2. The van der Waals surface area contributed by atoms with E-state index < -0.39 is 0 Å². The highest BCUT2D eigenvalue weighted by Crippen LogP contribution is 2.26. The van der Waals surface area contributed by atoms with E-state index >= 15 is 0 Å². The first-order valence-electron chi connectivity index (χ1n) is 5.29. The summed E-state index contributed by atoms with van der Waals surface area (Å²) in [4.78, 5) is 0. The summed E-state index contributed by atoms with van der Waals surface area (Å²) < 4.78 is 11.2. The van der Waals surface area contributed by atoms with Crippen LogP contribution in [0.25, 0.3) is 0 Å². The Morgan fingerprint density at radius 2 is 1.67 bits per heavy atom. The van der Waals surface area contributed by atoms with E-state index in [-0.39, 0.29) is 0 Å². The van der Waals surface area contributed by atoms with E-state index in [1.54, 1.807) is 0 Å². The predicted octanol–water partition coefficient (Wildman–Crippen LogP) is 3.64. The average Bonchev–Trinajstić information content (AvgIpc) is 2.28. The molecule has 0 N–H and O–H groups in total. The summed E-state index contributed by atoms with van der Waals surface area (Å²) in [7, 11) is 0. The van der Waals surface area contributed by atoms with Gasteiger partial charge in [-0.2, -0.15) is 0 Å². The van der Waals surface area contributed by atoms with Gasteiger partial charge in [-0.3, -0.25) is 0 Å². The Balaban J connectivity index is 2.52. The summed E-state index contributed by atoms with van der Waals surface area (Å²) in [6.07, 6.45) is 2.22. The molecule has 0 saturated heterocycles. The zero-order chi connectivity index (χ0) is 10.9. The normalized spacial score (nSPS) is 10.0. The van der Waals surface area contributed by atoms with Gasteiger partial charge in [-0.15, -0.1) is 0 Å². The van der Waals surface area contributed by atoms with E-state index in [0.29, 0.717) is 6.61 Å². The second-order valence-corrected chi connectivity index (χ2v) is 3.98. The van der Waals surface area contributed by atoms with Crippen LogP contribution < -0.4 is 9.47 Å². The molecule has 0 aromatic heterocycles. The molecule has 2 nitrogen and oxygen atoms in total. The van der Waals surface area contributed by atoms with E-state index in [1.165, 1.54) is 0 Å². The third kappa shape index (κ3) is 4.56. The number of halogens is 1. The largest absolute Gasteiger partial charge is 0.490 e. The van der Waals surface area contributed by atoms with E-state index in [9.17, 15) is 0 Å². The number of benzene rings is 1. The molecule has 0 aliphatic heterocycles. The van der Waals surface area contributed by atoms with Gasteiger partial charge in [-0.1, -0.05) is 41.4 Å². The van der Waals surface area contributed by atoms with E-state index in [0.717, 1.165) is 36.3 Å². The Labute approximate surface area is 99.7 Å². The molecule has 0 heterocycles. The van der Waals surface area contributed by atoms with Crippen LogP contribution in [0.3, 0.4) is 0 Å². The van der Waals surface area contributed by atoms with Crippen molar-refractivity contribution in [2.75, 3.05) is 18.5 Å². The van der Waals surface area contributed by atoms with Gasteiger partial charge in [0.2, 0.25) is 0 Å². The molecule has 84 valence electrons. The summed E-state index contributed by atoms with van der Waals surface area (Å²) in [5, 5.41) is 0.830. The Morgan fingerprint density at radius 3 is 2.20 bits per heavy atom. The first-order chi connectivity index (χ1) is 7.38. The lowest BCUT2D eigenvalue weighted by Crippen LogP contribution is -2.02. The van der Waals surface area contributed by atoms with Gasteiger partial charge >= 0.3 is 0 Å². The molecule has 3 heteroatoms. The lowest BCUT2D eigenvalue weighted by molar-refractivity contribution is 0.274. The maximum Gasteiger partial charge on any atom is 0.161 e. The number of unbranched alkanes of at least 4 members (excludes halogenated alkanes) is 1. The lowest BCUT2D eigenvalue weighted by Gasteiger charge is -2.11. The van der Waals surface area contributed by atoms with E-state index in [2.05, 4.69) is 22.9 Å². The number of rotatable bonds is 7. The second-order valence-electron chi connectivity index (χ2n) is 3.19. The summed E-state index contributed by atoms with van der Waals surface area (Å²) >= 11 is 3.33. The first kappa shape index (κ1) is 12.4. The van der Waals surface area contributed by atoms with Crippen molar-refractivity contribution in [3.05, 3.63) is 24.3 Å². The maximum absolute atomic E-state index is 5.63. The molecule has 0 spiro atoms. The predicted molar refractivity (Wildman–Crippen MR) is 66.1 cm³/mol. The van der Waals surface area contributed by atoms with Crippen molar-refractivity contribution < 1.29 is 9.47 Å². The van der Waals surface area contributed by atoms with Gasteiger partial charge in [0, 0.05) is 5.33 Å². The zero-order valence-corrected chi connectivity index (χ0v) is 10.6. The number of hydrogen-bond acceptors (Lipinski definition) is 2. The minimum absolute atomic E-state index is 0.661. The number of ether oxygens (including phenoxy) is 2. The fourth-order valence-electron chi connectivity index (χ4n) is 1.16. The van der Waals surface area contributed by atoms with Gasteiger partial charge in [-0.25, -0.2) is 0 Å². The molecule has 15 heavy (non-hydrogen) atoms. The van der Waals surface area contributed by atoms with Crippen LogP contribution in [0.1, 0.15) is 19.8 Å². The molecule has 0 fully saturated rings. The summed E-state index contributed by atoms with van der Waals surface area (Å²) in [6, 6.07) is 7.79. The minimum atomic E-state index is 0.661. The summed E-state index contributed by atoms with van der Waals surface area (Å²) in [6.45, 7) is 3.57. The smallest absolute Gasteiger partial charge is 0.161 e. The van der Waals surface area contributed by atoms with E-state index in [4.69, 9.17) is 9.47 Å². The SMILES string of the molecule is CCCCOc1ccccc1OCCBr. The molecule has 0 aliphatic rings. The fourth-order valence-corrected chi connectivity index (χ4v) is 1.33. The third-order valence-corrected chi connectivity index (χ3v) is 2.26. The van der Waals surface area contributed by atoms with E-state index in [1.807, 2.05) is 24.3 Å². The molecule has 0 aliphatic carbocycles. The summed E-state index contributed by atoms with van der Waals surface area (Å²) in [5.74, 6) is 1.67. The van der Waals surface area contributed by atoms with Crippen molar-refractivity contribution in [2.45, 2.75) is 19.8 Å². The van der Waals surface area contributed by atoms with Gasteiger partial charge in [0.15, 0.2) is 11.5 Å². The topological polar surface area (TPSA) is 18.5 Å². The number of alkyl halides is 1. The maximum atomic E-state index is 5.63. The molecule has 0 radical (unpaired) electrons. The monoisotopic (exact) mass is 272 g/mol. The van der Waals surface area contributed by atoms with Crippen LogP contribution in [0.2, 0.25) is 0 Å². The van der Waals surface area contributed by atoms with Crippen molar-refractivity contribution in [3.8, 4) is 11.5 Å². The Morgan fingerprint density at radius 1 is 1.07 bits per heavy atom. The quantitative estimate of drug-likeness (QED) is 0.557. The van der Waals surface area contributed by atoms with Crippen LogP contribution in [0.15, 0.2) is 24.3 Å². The lowest BCUT2D eigenvalue weighted by atomic mass is 10.3.